The van der Waals surface area contributed by atoms with E-state index in [9.17, 15) is 9.90 Å². The maximum absolute atomic E-state index is 12.3. The van der Waals surface area contributed by atoms with Crippen molar-refractivity contribution < 1.29 is 24.5 Å². The number of hydrogen-bond donors (Lipinski definition) is 3. The maximum Gasteiger partial charge on any atom is 0.290 e. The van der Waals surface area contributed by atoms with E-state index in [-0.39, 0.29) is 25.6 Å². The van der Waals surface area contributed by atoms with E-state index in [1.807, 2.05) is 18.2 Å². The standard InChI is InChI=1S/C22H22N4O3.CH2O2.CH4/c1-29-20-9-17-18(10-19(20)27)23-12-24-21(17)26-7-6-13-8-14(2-3-15(13)11-26)22(28)25-16-4-5-16;2-1-3;/h2-3,8-10,12,16,27H,4-7,11H2,1H3,(H,25,28);1H,(H,2,3);1H4. The molecule has 33 heavy (non-hydrogen) atoms. The molecule has 0 radical (unpaired) electrons. The number of phenolic OH excluding ortho intramolecular Hbond substituents is 1. The molecule has 0 unspecified atom stereocenters. The van der Waals surface area contributed by atoms with Crippen molar-refractivity contribution >= 4 is 29.1 Å². The number of ether oxygens (including phenoxy) is 1. The van der Waals surface area contributed by atoms with Crippen LogP contribution in [0.25, 0.3) is 10.9 Å². The van der Waals surface area contributed by atoms with Crippen LogP contribution in [-0.2, 0) is 17.8 Å². The summed E-state index contributed by atoms with van der Waals surface area (Å²) < 4.78 is 5.26. The lowest BCUT2D eigenvalue weighted by Gasteiger charge is -2.30. The number of amides is 1. The summed E-state index contributed by atoms with van der Waals surface area (Å²) in [7, 11) is 1.53. The average molecular weight is 453 g/mol. The Bertz CT molecular complexity index is 1160. The van der Waals surface area contributed by atoms with E-state index >= 15 is 0 Å². The monoisotopic (exact) mass is 452 g/mol. The van der Waals surface area contributed by atoms with Crippen molar-refractivity contribution in [1.82, 2.24) is 15.3 Å². The Morgan fingerprint density at radius 3 is 2.67 bits per heavy atom. The number of methoxy groups -OCH3 is 1. The molecular formula is C24H28N4O5. The fourth-order valence-corrected chi connectivity index (χ4v) is 3.85. The topological polar surface area (TPSA) is 125 Å². The number of nitrogens with one attached hydrogen (secondary N) is 1. The van der Waals surface area contributed by atoms with Gasteiger partial charge in [-0.05, 0) is 48.6 Å². The predicted octanol–water partition coefficient (Wildman–Crippen LogP) is 3.14. The number of phenols is 1. The molecule has 2 heterocycles. The average Bonchev–Trinajstić information content (AvgIpc) is 3.62. The molecule has 1 aromatic heterocycles. The number of carbonyl (C=O) groups is 2. The van der Waals surface area contributed by atoms with Crippen molar-refractivity contribution in [2.75, 3.05) is 18.6 Å². The summed E-state index contributed by atoms with van der Waals surface area (Å²) in [5, 5.41) is 20.8. The largest absolute Gasteiger partial charge is 0.504 e. The fraction of sp³-hybridized carbons (Fsp3) is 0.333. The first-order valence-corrected chi connectivity index (χ1v) is 10.3. The number of carbonyl (C=O) groups excluding carboxylic acids is 1. The van der Waals surface area contributed by atoms with Crippen molar-refractivity contribution in [3.63, 3.8) is 0 Å². The maximum atomic E-state index is 12.3. The van der Waals surface area contributed by atoms with Gasteiger partial charge in [-0.3, -0.25) is 9.59 Å². The Kier molecular flexibility index (Phi) is 7.32. The Morgan fingerprint density at radius 2 is 1.97 bits per heavy atom. The molecule has 3 N–H and O–H groups in total. The second-order valence-corrected chi connectivity index (χ2v) is 7.75. The molecule has 5 rings (SSSR count). The van der Waals surface area contributed by atoms with Crippen molar-refractivity contribution in [2.45, 2.75) is 39.3 Å². The molecule has 0 bridgehead atoms. The Hall–Kier alpha value is -3.88. The number of rotatable bonds is 4. The minimum absolute atomic E-state index is 0. The molecule has 2 aliphatic rings. The molecule has 1 amide bonds. The highest BCUT2D eigenvalue weighted by Gasteiger charge is 2.25. The van der Waals surface area contributed by atoms with E-state index in [1.54, 1.807) is 12.1 Å². The van der Waals surface area contributed by atoms with E-state index in [1.165, 1.54) is 24.6 Å². The minimum atomic E-state index is -0.250. The molecule has 0 saturated heterocycles. The lowest BCUT2D eigenvalue weighted by atomic mass is 9.96. The number of aromatic hydroxyl groups is 1. The van der Waals surface area contributed by atoms with Crippen molar-refractivity contribution in [3.8, 4) is 11.5 Å². The lowest BCUT2D eigenvalue weighted by molar-refractivity contribution is -0.122. The van der Waals surface area contributed by atoms with Gasteiger partial charge < -0.3 is 25.2 Å². The summed E-state index contributed by atoms with van der Waals surface area (Å²) in [6, 6.07) is 9.70. The first-order chi connectivity index (χ1) is 15.5. The molecule has 9 heteroatoms. The highest BCUT2D eigenvalue weighted by molar-refractivity contribution is 5.95. The number of nitrogens with zero attached hydrogens (tertiary/aromatic N) is 3. The Balaban J connectivity index is 0.000000728. The van der Waals surface area contributed by atoms with Crippen LogP contribution < -0.4 is 15.0 Å². The van der Waals surface area contributed by atoms with Gasteiger partial charge >= 0.3 is 0 Å². The van der Waals surface area contributed by atoms with Crippen molar-refractivity contribution in [3.05, 3.63) is 53.3 Å². The molecular weight excluding hydrogens is 424 g/mol. The van der Waals surface area contributed by atoms with Gasteiger partial charge in [0, 0.05) is 36.1 Å². The molecule has 3 aromatic rings. The van der Waals surface area contributed by atoms with E-state index in [0.717, 1.165) is 42.6 Å². The second kappa shape index (κ2) is 10.2. The molecule has 2 aromatic carbocycles. The third-order valence-electron chi connectivity index (χ3n) is 5.61. The summed E-state index contributed by atoms with van der Waals surface area (Å²) in [6.07, 6.45) is 4.52. The molecule has 1 saturated carbocycles. The molecule has 1 fully saturated rings. The summed E-state index contributed by atoms with van der Waals surface area (Å²) in [6.45, 7) is 1.24. The number of carboxylic acid groups (broad SMARTS) is 1. The Labute approximate surface area is 192 Å². The van der Waals surface area contributed by atoms with E-state index in [4.69, 9.17) is 14.6 Å². The lowest BCUT2D eigenvalue weighted by Crippen LogP contribution is -2.32. The normalized spacial score (nSPS) is 14.3. The quantitative estimate of drug-likeness (QED) is 0.516. The van der Waals surface area contributed by atoms with Gasteiger partial charge in [0.1, 0.15) is 12.1 Å². The highest BCUT2D eigenvalue weighted by Crippen LogP contribution is 2.35. The molecule has 0 spiro atoms. The van der Waals surface area contributed by atoms with Gasteiger partial charge in [-0.2, -0.15) is 0 Å². The summed E-state index contributed by atoms with van der Waals surface area (Å²) >= 11 is 0. The van der Waals surface area contributed by atoms with Crippen molar-refractivity contribution in [2.24, 2.45) is 0 Å². The van der Waals surface area contributed by atoms with E-state index in [2.05, 4.69) is 20.2 Å². The van der Waals surface area contributed by atoms with Crippen LogP contribution in [0.4, 0.5) is 5.82 Å². The zero-order valence-corrected chi connectivity index (χ0v) is 17.6. The smallest absolute Gasteiger partial charge is 0.290 e. The van der Waals surface area contributed by atoms with Gasteiger partial charge in [0.25, 0.3) is 12.4 Å². The van der Waals surface area contributed by atoms with Crippen LogP contribution in [0.2, 0.25) is 0 Å². The van der Waals surface area contributed by atoms with Crippen LogP contribution in [0.15, 0.2) is 36.7 Å². The molecule has 1 aliphatic carbocycles. The van der Waals surface area contributed by atoms with Gasteiger partial charge in [0.05, 0.1) is 12.6 Å². The van der Waals surface area contributed by atoms with Crippen molar-refractivity contribution in [1.29, 1.82) is 0 Å². The third kappa shape index (κ3) is 5.14. The second-order valence-electron chi connectivity index (χ2n) is 7.75. The summed E-state index contributed by atoms with van der Waals surface area (Å²) in [4.78, 5) is 31.7. The number of hydrogen-bond acceptors (Lipinski definition) is 7. The van der Waals surface area contributed by atoms with Gasteiger partial charge in [0.2, 0.25) is 0 Å². The van der Waals surface area contributed by atoms with Crippen LogP contribution in [0, 0.1) is 0 Å². The number of anilines is 1. The van der Waals surface area contributed by atoms with Crippen LogP contribution in [0.3, 0.4) is 0 Å². The first-order valence-electron chi connectivity index (χ1n) is 10.3. The number of benzene rings is 2. The molecule has 0 atom stereocenters. The van der Waals surface area contributed by atoms with Gasteiger partial charge in [-0.15, -0.1) is 0 Å². The number of aromatic nitrogens is 2. The summed E-state index contributed by atoms with van der Waals surface area (Å²) in [5.74, 6) is 1.30. The molecule has 174 valence electrons. The van der Waals surface area contributed by atoms with Gasteiger partial charge in [0.15, 0.2) is 11.5 Å². The highest BCUT2D eigenvalue weighted by atomic mass is 16.5. The van der Waals surface area contributed by atoms with E-state index < -0.39 is 0 Å². The number of fused-ring (bicyclic) bond motifs is 2. The SMILES string of the molecule is C.COc1cc2c(N3CCc4cc(C(=O)NC5CC5)ccc4C3)ncnc2cc1O.O=CO. The van der Waals surface area contributed by atoms with Gasteiger partial charge in [-0.1, -0.05) is 13.5 Å². The fourth-order valence-electron chi connectivity index (χ4n) is 3.85. The summed E-state index contributed by atoms with van der Waals surface area (Å²) in [5.41, 5.74) is 3.80. The minimum Gasteiger partial charge on any atom is -0.504 e. The van der Waals surface area contributed by atoms with Crippen LogP contribution in [0.1, 0.15) is 41.8 Å². The zero-order chi connectivity index (χ0) is 22.7. The van der Waals surface area contributed by atoms with Crippen LogP contribution in [0.5, 0.6) is 11.5 Å². The van der Waals surface area contributed by atoms with Gasteiger partial charge in [-0.25, -0.2) is 9.97 Å². The first kappa shape index (κ1) is 23.8. The third-order valence-corrected chi connectivity index (χ3v) is 5.61. The van der Waals surface area contributed by atoms with E-state index in [0.29, 0.717) is 23.9 Å². The molecule has 1 aliphatic heterocycles. The Morgan fingerprint density at radius 1 is 1.21 bits per heavy atom. The van der Waals surface area contributed by atoms with Crippen LogP contribution >= 0.6 is 0 Å². The predicted molar refractivity (Wildman–Crippen MR) is 125 cm³/mol. The zero-order valence-electron chi connectivity index (χ0n) is 17.6. The van der Waals surface area contributed by atoms with Crippen LogP contribution in [-0.4, -0.2) is 52.3 Å². The molecule has 9 nitrogen and oxygen atoms in total.